The highest BCUT2D eigenvalue weighted by Gasteiger charge is 2.01. The van der Waals surface area contributed by atoms with E-state index in [0.717, 1.165) is 11.3 Å². The average Bonchev–Trinajstić information content (AvgIpc) is 2.09. The fraction of sp³-hybridized carbons (Fsp3) is 0.400. The minimum atomic E-state index is -0.271. The van der Waals surface area contributed by atoms with Crippen LogP contribution < -0.4 is 0 Å². The third-order valence-corrected chi connectivity index (χ3v) is 2.79. The zero-order chi connectivity index (χ0) is 8.97. The second-order valence-electron chi connectivity index (χ2n) is 2.79. The van der Waals surface area contributed by atoms with Crippen molar-refractivity contribution in [3.63, 3.8) is 0 Å². The van der Waals surface area contributed by atoms with Crippen molar-refractivity contribution in [3.05, 3.63) is 29.8 Å². The fourth-order valence-corrected chi connectivity index (χ4v) is 1.63. The van der Waals surface area contributed by atoms with Gasteiger partial charge in [-0.05, 0) is 25.5 Å². The van der Waals surface area contributed by atoms with E-state index >= 15 is 0 Å². The van der Waals surface area contributed by atoms with E-state index in [0.29, 0.717) is 0 Å². The molecular formula is C10H14OS. The molecule has 1 N–H and O–H groups in total. The van der Waals surface area contributed by atoms with Crippen LogP contribution in [-0.2, 0) is 0 Å². The Kier molecular flexibility index (Phi) is 3.63. The van der Waals surface area contributed by atoms with Crippen molar-refractivity contribution in [3.8, 4) is 0 Å². The van der Waals surface area contributed by atoms with E-state index in [1.54, 1.807) is 0 Å². The lowest BCUT2D eigenvalue weighted by atomic mass is 10.2. The van der Waals surface area contributed by atoms with E-state index in [1.165, 1.54) is 17.3 Å². The van der Waals surface area contributed by atoms with Crippen molar-refractivity contribution in [2.45, 2.75) is 30.6 Å². The monoisotopic (exact) mass is 182 g/mol. The molecule has 0 bridgehead atoms. The van der Waals surface area contributed by atoms with Crippen molar-refractivity contribution < 1.29 is 5.11 Å². The van der Waals surface area contributed by atoms with E-state index in [4.69, 9.17) is 0 Å². The van der Waals surface area contributed by atoms with Gasteiger partial charge in [-0.2, -0.15) is 0 Å². The molecule has 0 aliphatic heterocycles. The number of rotatable bonds is 3. The summed E-state index contributed by atoms with van der Waals surface area (Å²) in [7, 11) is 0. The first-order valence-electron chi connectivity index (χ1n) is 4.13. The summed E-state index contributed by atoms with van der Waals surface area (Å²) in [5.74, 6) is 0. The molecule has 0 aromatic heterocycles. The van der Waals surface area contributed by atoms with Gasteiger partial charge in [0.25, 0.3) is 0 Å². The molecule has 0 amide bonds. The summed E-state index contributed by atoms with van der Waals surface area (Å²) in [5, 5.41) is 9.34. The van der Waals surface area contributed by atoms with Crippen molar-refractivity contribution in [1.82, 2.24) is 0 Å². The molecule has 1 nitrogen and oxygen atoms in total. The predicted octanol–water partition coefficient (Wildman–Crippen LogP) is 2.82. The van der Waals surface area contributed by atoms with Crippen molar-refractivity contribution in [2.24, 2.45) is 0 Å². The van der Waals surface area contributed by atoms with E-state index in [9.17, 15) is 5.11 Å². The number of aryl methyl sites for hydroxylation is 1. The Morgan fingerprint density at radius 3 is 2.42 bits per heavy atom. The van der Waals surface area contributed by atoms with Crippen LogP contribution in [0.4, 0.5) is 0 Å². The van der Waals surface area contributed by atoms with Crippen LogP contribution in [0.25, 0.3) is 0 Å². The molecule has 1 unspecified atom stereocenters. The standard InChI is InChI=1S/C10H14OS/c1-3-10(11)12-9-6-4-8(2)5-7-9/h4-7,10-11H,3H2,1-2H3. The molecule has 12 heavy (non-hydrogen) atoms. The van der Waals surface area contributed by atoms with Gasteiger partial charge < -0.3 is 5.11 Å². The average molecular weight is 182 g/mol. The Morgan fingerprint density at radius 2 is 1.92 bits per heavy atom. The van der Waals surface area contributed by atoms with Crippen LogP contribution in [0.15, 0.2) is 29.2 Å². The fourth-order valence-electron chi connectivity index (χ4n) is 0.857. The summed E-state index contributed by atoms with van der Waals surface area (Å²) in [4.78, 5) is 1.13. The number of hydrogen-bond donors (Lipinski definition) is 1. The number of aliphatic hydroxyl groups is 1. The lowest BCUT2D eigenvalue weighted by Gasteiger charge is -2.06. The van der Waals surface area contributed by atoms with Crippen LogP contribution in [-0.4, -0.2) is 10.5 Å². The summed E-state index contributed by atoms with van der Waals surface area (Å²) in [6.07, 6.45) is 0.790. The summed E-state index contributed by atoms with van der Waals surface area (Å²) >= 11 is 1.51. The third-order valence-electron chi connectivity index (χ3n) is 1.64. The van der Waals surface area contributed by atoms with Gasteiger partial charge in [0.1, 0.15) is 5.44 Å². The molecule has 2 heteroatoms. The Morgan fingerprint density at radius 1 is 1.33 bits per heavy atom. The summed E-state index contributed by atoms with van der Waals surface area (Å²) in [5.41, 5.74) is 0.984. The van der Waals surface area contributed by atoms with Crippen LogP contribution in [0, 0.1) is 6.92 Å². The quantitative estimate of drug-likeness (QED) is 0.573. The molecule has 0 heterocycles. The van der Waals surface area contributed by atoms with Gasteiger partial charge in [0.2, 0.25) is 0 Å². The zero-order valence-corrected chi connectivity index (χ0v) is 8.27. The van der Waals surface area contributed by atoms with Gasteiger partial charge in [0.15, 0.2) is 0 Å². The SMILES string of the molecule is CCC(O)Sc1ccc(C)cc1. The van der Waals surface area contributed by atoms with Crippen LogP contribution in [0.2, 0.25) is 0 Å². The molecular weight excluding hydrogens is 168 g/mol. The molecule has 1 aromatic rings. The van der Waals surface area contributed by atoms with Gasteiger partial charge in [-0.1, -0.05) is 36.4 Å². The van der Waals surface area contributed by atoms with Gasteiger partial charge in [-0.15, -0.1) is 0 Å². The van der Waals surface area contributed by atoms with Crippen LogP contribution in [0.3, 0.4) is 0 Å². The molecule has 0 radical (unpaired) electrons. The van der Waals surface area contributed by atoms with Crippen LogP contribution in [0.1, 0.15) is 18.9 Å². The smallest absolute Gasteiger partial charge is 0.104 e. The summed E-state index contributed by atoms with van der Waals surface area (Å²) < 4.78 is 0. The minimum Gasteiger partial charge on any atom is -0.382 e. The van der Waals surface area contributed by atoms with Crippen LogP contribution >= 0.6 is 11.8 Å². The molecule has 1 rings (SSSR count). The summed E-state index contributed by atoms with van der Waals surface area (Å²) in [6.45, 7) is 4.04. The van der Waals surface area contributed by atoms with Gasteiger partial charge in [-0.3, -0.25) is 0 Å². The number of hydrogen-bond acceptors (Lipinski definition) is 2. The topological polar surface area (TPSA) is 20.2 Å². The molecule has 0 aliphatic rings. The second kappa shape index (κ2) is 4.53. The molecule has 0 saturated heterocycles. The van der Waals surface area contributed by atoms with Crippen LogP contribution in [0.5, 0.6) is 0 Å². The van der Waals surface area contributed by atoms with Gasteiger partial charge >= 0.3 is 0 Å². The highest BCUT2D eigenvalue weighted by Crippen LogP contribution is 2.23. The van der Waals surface area contributed by atoms with Gasteiger partial charge in [0.05, 0.1) is 0 Å². The van der Waals surface area contributed by atoms with Gasteiger partial charge in [0, 0.05) is 4.90 Å². The highest BCUT2D eigenvalue weighted by atomic mass is 32.2. The minimum absolute atomic E-state index is 0.271. The number of thioether (sulfide) groups is 1. The lowest BCUT2D eigenvalue weighted by Crippen LogP contribution is -1.96. The Hall–Kier alpha value is -0.470. The van der Waals surface area contributed by atoms with Crippen molar-refractivity contribution in [1.29, 1.82) is 0 Å². The van der Waals surface area contributed by atoms with E-state index < -0.39 is 0 Å². The van der Waals surface area contributed by atoms with E-state index in [2.05, 4.69) is 19.1 Å². The first-order valence-corrected chi connectivity index (χ1v) is 5.01. The Balaban J connectivity index is 2.58. The lowest BCUT2D eigenvalue weighted by molar-refractivity contribution is 0.259. The van der Waals surface area contributed by atoms with Gasteiger partial charge in [-0.25, -0.2) is 0 Å². The summed E-state index contributed by atoms with van der Waals surface area (Å²) in [6, 6.07) is 8.20. The van der Waals surface area contributed by atoms with E-state index in [1.807, 2.05) is 19.1 Å². The molecule has 0 saturated carbocycles. The maximum absolute atomic E-state index is 9.34. The maximum atomic E-state index is 9.34. The first-order chi connectivity index (χ1) is 5.72. The third kappa shape index (κ3) is 2.88. The second-order valence-corrected chi connectivity index (χ2v) is 4.05. The first kappa shape index (κ1) is 9.62. The highest BCUT2D eigenvalue weighted by molar-refractivity contribution is 7.99. The molecule has 0 spiro atoms. The Labute approximate surface area is 77.8 Å². The molecule has 1 atom stereocenters. The number of benzene rings is 1. The molecule has 0 aliphatic carbocycles. The molecule has 66 valence electrons. The number of aliphatic hydroxyl groups excluding tert-OH is 1. The maximum Gasteiger partial charge on any atom is 0.104 e. The predicted molar refractivity (Wildman–Crippen MR) is 53.3 cm³/mol. The molecule has 1 aromatic carbocycles. The normalized spacial score (nSPS) is 12.9. The van der Waals surface area contributed by atoms with Crippen molar-refractivity contribution in [2.75, 3.05) is 0 Å². The largest absolute Gasteiger partial charge is 0.382 e. The Bertz CT molecular complexity index is 230. The van der Waals surface area contributed by atoms with Crippen molar-refractivity contribution >= 4 is 11.8 Å². The van der Waals surface area contributed by atoms with E-state index in [-0.39, 0.29) is 5.44 Å². The zero-order valence-electron chi connectivity index (χ0n) is 7.45. The molecule has 0 fully saturated rings.